The zero-order valence-corrected chi connectivity index (χ0v) is 11.5. The fourth-order valence-corrected chi connectivity index (χ4v) is 2.50. The van der Waals surface area contributed by atoms with E-state index < -0.39 is 0 Å². The minimum Gasteiger partial charge on any atom is -0.334 e. The van der Waals surface area contributed by atoms with Crippen LogP contribution in [-0.4, -0.2) is 22.3 Å². The summed E-state index contributed by atoms with van der Waals surface area (Å²) >= 11 is 1.64. The highest BCUT2D eigenvalue weighted by molar-refractivity contribution is 7.09. The quantitative estimate of drug-likeness (QED) is 0.648. The van der Waals surface area contributed by atoms with Gasteiger partial charge >= 0.3 is 0 Å². The number of aromatic nitrogens is 1. The van der Waals surface area contributed by atoms with Crippen LogP contribution in [0, 0.1) is 0 Å². The normalized spacial score (nSPS) is 10.2. The molecule has 0 spiro atoms. The molecule has 0 bridgehead atoms. The summed E-state index contributed by atoms with van der Waals surface area (Å²) in [5.74, 6) is 5.71. The van der Waals surface area contributed by atoms with Crippen LogP contribution in [0.25, 0.3) is 0 Å². The summed E-state index contributed by atoms with van der Waals surface area (Å²) in [4.78, 5) is 19.4. The summed E-state index contributed by atoms with van der Waals surface area (Å²) in [7, 11) is 0. The molecule has 1 amide bonds. The zero-order chi connectivity index (χ0) is 13.7. The number of carbonyl (C=O) groups excluding carboxylic acids is 1. The van der Waals surface area contributed by atoms with E-state index in [2.05, 4.69) is 10.4 Å². The van der Waals surface area contributed by atoms with Crippen LogP contribution in [-0.2, 0) is 6.54 Å². The van der Waals surface area contributed by atoms with Gasteiger partial charge in [-0.25, -0.2) is 10.8 Å². The summed E-state index contributed by atoms with van der Waals surface area (Å²) in [6, 6.07) is 7.45. The van der Waals surface area contributed by atoms with E-state index in [-0.39, 0.29) is 5.91 Å². The van der Waals surface area contributed by atoms with E-state index in [1.165, 1.54) is 0 Å². The number of anilines is 1. The second-order valence-electron chi connectivity index (χ2n) is 3.94. The molecular weight excluding hydrogens is 260 g/mol. The molecule has 3 N–H and O–H groups in total. The number of nitrogen functional groups attached to an aromatic ring is 1. The van der Waals surface area contributed by atoms with E-state index in [1.54, 1.807) is 34.6 Å². The number of rotatable bonds is 5. The van der Waals surface area contributed by atoms with Crippen molar-refractivity contribution in [2.75, 3.05) is 12.0 Å². The number of amides is 1. The molecule has 19 heavy (non-hydrogen) atoms. The van der Waals surface area contributed by atoms with Gasteiger partial charge in [0, 0.05) is 17.6 Å². The second kappa shape index (κ2) is 6.31. The fraction of sp³-hybridized carbons (Fsp3) is 0.231. The van der Waals surface area contributed by atoms with E-state index in [0.717, 1.165) is 4.88 Å². The van der Waals surface area contributed by atoms with Gasteiger partial charge in [-0.3, -0.25) is 4.79 Å². The highest BCUT2D eigenvalue weighted by Gasteiger charge is 2.18. The van der Waals surface area contributed by atoms with Crippen molar-refractivity contribution in [3.05, 3.63) is 46.3 Å². The number of thiophene rings is 1. The predicted octanol–water partition coefficient (Wildman–Crippen LogP) is 2.09. The molecule has 0 unspecified atom stereocenters. The molecule has 0 atom stereocenters. The van der Waals surface area contributed by atoms with Crippen molar-refractivity contribution in [1.29, 1.82) is 0 Å². The Bertz CT molecular complexity index is 541. The van der Waals surface area contributed by atoms with Crippen LogP contribution in [0.1, 0.15) is 22.2 Å². The van der Waals surface area contributed by atoms with Crippen LogP contribution in [0.3, 0.4) is 0 Å². The van der Waals surface area contributed by atoms with Crippen LogP contribution in [0.5, 0.6) is 0 Å². The molecular formula is C13H16N4OS. The predicted molar refractivity (Wildman–Crippen MR) is 76.8 cm³/mol. The zero-order valence-electron chi connectivity index (χ0n) is 10.7. The van der Waals surface area contributed by atoms with Gasteiger partial charge in [-0.05, 0) is 30.5 Å². The van der Waals surface area contributed by atoms with E-state index in [0.29, 0.717) is 24.5 Å². The van der Waals surface area contributed by atoms with Gasteiger partial charge in [0.1, 0.15) is 0 Å². The Balaban J connectivity index is 2.20. The molecule has 2 aromatic heterocycles. The third kappa shape index (κ3) is 3.10. The standard InChI is InChI=1S/C13H16N4OS/c1-2-17(9-10-5-4-8-19-10)13(18)11-6-3-7-15-12(11)16-14/h3-8H,2,9,14H2,1H3,(H,15,16). The van der Waals surface area contributed by atoms with E-state index in [4.69, 9.17) is 5.84 Å². The molecule has 0 aromatic carbocycles. The van der Waals surface area contributed by atoms with Gasteiger partial charge in [-0.15, -0.1) is 11.3 Å². The first kappa shape index (κ1) is 13.5. The van der Waals surface area contributed by atoms with E-state index in [9.17, 15) is 4.79 Å². The largest absolute Gasteiger partial charge is 0.334 e. The van der Waals surface area contributed by atoms with Gasteiger partial charge in [0.15, 0.2) is 5.82 Å². The lowest BCUT2D eigenvalue weighted by Crippen LogP contribution is -2.31. The monoisotopic (exact) mass is 276 g/mol. The van der Waals surface area contributed by atoms with Gasteiger partial charge in [0.2, 0.25) is 0 Å². The molecule has 6 heteroatoms. The van der Waals surface area contributed by atoms with Gasteiger partial charge in [0.25, 0.3) is 5.91 Å². The van der Waals surface area contributed by atoms with Gasteiger partial charge in [-0.1, -0.05) is 6.07 Å². The third-order valence-corrected chi connectivity index (χ3v) is 3.63. The summed E-state index contributed by atoms with van der Waals surface area (Å²) < 4.78 is 0. The molecule has 2 heterocycles. The Morgan fingerprint density at radius 2 is 2.32 bits per heavy atom. The van der Waals surface area contributed by atoms with Crippen molar-refractivity contribution in [1.82, 2.24) is 9.88 Å². The van der Waals surface area contributed by atoms with Gasteiger partial charge < -0.3 is 10.3 Å². The lowest BCUT2D eigenvalue weighted by atomic mass is 10.2. The summed E-state index contributed by atoms with van der Waals surface area (Å²) in [5.41, 5.74) is 2.95. The average Bonchev–Trinajstić information content (AvgIpc) is 2.97. The maximum atomic E-state index is 12.5. The Labute approximate surface area is 116 Å². The van der Waals surface area contributed by atoms with Crippen LogP contribution in [0.15, 0.2) is 35.8 Å². The first-order chi connectivity index (χ1) is 9.26. The first-order valence-electron chi connectivity index (χ1n) is 5.99. The van der Waals surface area contributed by atoms with E-state index in [1.807, 2.05) is 24.4 Å². The fourth-order valence-electron chi connectivity index (χ4n) is 1.78. The highest BCUT2D eigenvalue weighted by atomic mass is 32.1. The smallest absolute Gasteiger partial charge is 0.257 e. The summed E-state index contributed by atoms with van der Waals surface area (Å²) in [6.07, 6.45) is 1.60. The van der Waals surface area contributed by atoms with Crippen LogP contribution < -0.4 is 11.3 Å². The van der Waals surface area contributed by atoms with Crippen molar-refractivity contribution < 1.29 is 4.79 Å². The maximum absolute atomic E-state index is 12.5. The number of nitrogens with one attached hydrogen (secondary N) is 1. The molecule has 0 aliphatic carbocycles. The molecule has 0 aliphatic heterocycles. The van der Waals surface area contributed by atoms with Crippen molar-refractivity contribution in [3.8, 4) is 0 Å². The molecule has 0 radical (unpaired) electrons. The van der Waals surface area contributed by atoms with Gasteiger partial charge in [-0.2, -0.15) is 0 Å². The van der Waals surface area contributed by atoms with Crippen LogP contribution >= 0.6 is 11.3 Å². The molecule has 100 valence electrons. The SMILES string of the molecule is CCN(Cc1cccs1)C(=O)c1cccnc1NN. The Kier molecular flexibility index (Phi) is 4.48. The van der Waals surface area contributed by atoms with Crippen molar-refractivity contribution >= 4 is 23.1 Å². The Morgan fingerprint density at radius 1 is 1.47 bits per heavy atom. The minimum absolute atomic E-state index is 0.0723. The number of nitrogens with zero attached hydrogens (tertiary/aromatic N) is 2. The number of hydrogen-bond acceptors (Lipinski definition) is 5. The topological polar surface area (TPSA) is 71.2 Å². The Morgan fingerprint density at radius 3 is 2.95 bits per heavy atom. The number of hydrogen-bond donors (Lipinski definition) is 2. The lowest BCUT2D eigenvalue weighted by Gasteiger charge is -2.21. The average molecular weight is 276 g/mol. The third-order valence-electron chi connectivity index (χ3n) is 2.77. The summed E-state index contributed by atoms with van der Waals surface area (Å²) in [6.45, 7) is 3.19. The summed E-state index contributed by atoms with van der Waals surface area (Å²) in [5, 5.41) is 2.00. The molecule has 0 saturated carbocycles. The van der Waals surface area contributed by atoms with Crippen LogP contribution in [0.4, 0.5) is 5.82 Å². The van der Waals surface area contributed by atoms with Gasteiger partial charge in [0.05, 0.1) is 12.1 Å². The lowest BCUT2D eigenvalue weighted by molar-refractivity contribution is 0.0755. The number of pyridine rings is 1. The number of nitrogens with two attached hydrogens (primary N) is 1. The van der Waals surface area contributed by atoms with E-state index >= 15 is 0 Å². The van der Waals surface area contributed by atoms with Crippen molar-refractivity contribution in [2.45, 2.75) is 13.5 Å². The van der Waals surface area contributed by atoms with Crippen molar-refractivity contribution in [3.63, 3.8) is 0 Å². The molecule has 0 saturated heterocycles. The van der Waals surface area contributed by atoms with Crippen molar-refractivity contribution in [2.24, 2.45) is 5.84 Å². The highest BCUT2D eigenvalue weighted by Crippen LogP contribution is 2.17. The molecule has 0 aliphatic rings. The number of hydrazine groups is 1. The molecule has 2 rings (SSSR count). The minimum atomic E-state index is -0.0723. The second-order valence-corrected chi connectivity index (χ2v) is 4.97. The number of carbonyl (C=O) groups is 1. The Hall–Kier alpha value is -1.92. The van der Waals surface area contributed by atoms with Crippen LogP contribution in [0.2, 0.25) is 0 Å². The molecule has 2 aromatic rings. The molecule has 5 nitrogen and oxygen atoms in total. The maximum Gasteiger partial charge on any atom is 0.257 e. The molecule has 0 fully saturated rings. The first-order valence-corrected chi connectivity index (χ1v) is 6.87.